The van der Waals surface area contributed by atoms with Gasteiger partial charge < -0.3 is 19.5 Å². The number of amides is 1. The van der Waals surface area contributed by atoms with Crippen molar-refractivity contribution in [2.24, 2.45) is 0 Å². The van der Waals surface area contributed by atoms with Gasteiger partial charge in [-0.15, -0.1) is 11.3 Å². The number of rotatable bonds is 4. The summed E-state index contributed by atoms with van der Waals surface area (Å²) in [5.74, 6) is 0.692. The zero-order chi connectivity index (χ0) is 19.8. The highest BCUT2D eigenvalue weighted by molar-refractivity contribution is 7.20. The smallest absolute Gasteiger partial charge is 0.260 e. The first-order chi connectivity index (χ1) is 13.4. The third-order valence-electron chi connectivity index (χ3n) is 5.57. The first-order valence-corrected chi connectivity index (χ1v) is 10.5. The van der Waals surface area contributed by atoms with Gasteiger partial charge in [-0.3, -0.25) is 14.4 Å². The summed E-state index contributed by atoms with van der Waals surface area (Å²) in [5, 5.41) is 0.515. The second kappa shape index (κ2) is 7.73. The molecule has 2 aliphatic heterocycles. The van der Waals surface area contributed by atoms with Gasteiger partial charge in [-0.1, -0.05) is 0 Å². The lowest BCUT2D eigenvalue weighted by Crippen LogP contribution is -3.13. The van der Waals surface area contributed by atoms with Crippen LogP contribution in [0, 0.1) is 6.92 Å². The molecule has 1 amide bonds. The van der Waals surface area contributed by atoms with Crippen LogP contribution < -0.4 is 10.5 Å². The summed E-state index contributed by atoms with van der Waals surface area (Å²) in [7, 11) is 0. The van der Waals surface area contributed by atoms with Crippen molar-refractivity contribution in [1.82, 2.24) is 14.9 Å². The molecule has 4 rings (SSSR count). The van der Waals surface area contributed by atoms with E-state index in [9.17, 15) is 14.4 Å². The number of aromatic nitrogens is 2. The first-order valence-electron chi connectivity index (χ1n) is 9.71. The Balaban J connectivity index is 1.44. The Morgan fingerprint density at radius 2 is 2.11 bits per heavy atom. The zero-order valence-electron chi connectivity index (χ0n) is 16.2. The second-order valence-electron chi connectivity index (χ2n) is 7.56. The predicted octanol–water partition coefficient (Wildman–Crippen LogP) is -0.0983. The highest BCUT2D eigenvalue weighted by Crippen LogP contribution is 2.27. The SMILES string of the molecule is CC(=O)c1sc2nc(C[NH+]3CCN(C(=O)[C@H]4CCCO4)CC3)[nH]c(=O)c2c1C. The van der Waals surface area contributed by atoms with Gasteiger partial charge in [-0.2, -0.15) is 0 Å². The fourth-order valence-corrected chi connectivity index (χ4v) is 5.14. The van der Waals surface area contributed by atoms with Gasteiger partial charge in [0.05, 0.1) is 36.4 Å². The number of aromatic amines is 1. The molecule has 2 fully saturated rings. The minimum absolute atomic E-state index is 0.0425. The Hall–Kier alpha value is -2.10. The van der Waals surface area contributed by atoms with Crippen LogP contribution in [-0.4, -0.2) is 65.4 Å². The van der Waals surface area contributed by atoms with Crippen LogP contribution >= 0.6 is 11.3 Å². The number of fused-ring (bicyclic) bond motifs is 1. The van der Waals surface area contributed by atoms with Crippen LogP contribution in [0.3, 0.4) is 0 Å². The lowest BCUT2D eigenvalue weighted by atomic mass is 10.2. The van der Waals surface area contributed by atoms with Crippen molar-refractivity contribution in [3.63, 3.8) is 0 Å². The Bertz CT molecular complexity index is 968. The number of piperazine rings is 1. The Labute approximate surface area is 166 Å². The summed E-state index contributed by atoms with van der Waals surface area (Å²) in [4.78, 5) is 48.6. The normalized spacial score (nSPS) is 20.8. The largest absolute Gasteiger partial charge is 0.368 e. The van der Waals surface area contributed by atoms with Crippen LogP contribution in [0.5, 0.6) is 0 Å². The number of nitrogens with zero attached hydrogens (tertiary/aromatic N) is 2. The summed E-state index contributed by atoms with van der Waals surface area (Å²) in [6.07, 6.45) is 1.51. The van der Waals surface area contributed by atoms with Crippen molar-refractivity contribution in [1.29, 1.82) is 0 Å². The van der Waals surface area contributed by atoms with Crippen LogP contribution in [0.15, 0.2) is 4.79 Å². The lowest BCUT2D eigenvalue weighted by molar-refractivity contribution is -0.918. The number of ketones is 1. The van der Waals surface area contributed by atoms with Gasteiger partial charge in [0.25, 0.3) is 11.5 Å². The van der Waals surface area contributed by atoms with E-state index in [1.165, 1.54) is 23.2 Å². The quantitative estimate of drug-likeness (QED) is 0.693. The molecule has 0 spiro atoms. The van der Waals surface area contributed by atoms with E-state index in [4.69, 9.17) is 4.74 Å². The fraction of sp³-hybridized carbons (Fsp3) is 0.579. The fourth-order valence-electron chi connectivity index (χ4n) is 4.04. The molecule has 4 heterocycles. The Kier molecular flexibility index (Phi) is 5.31. The van der Waals surface area contributed by atoms with Gasteiger partial charge in [0, 0.05) is 6.61 Å². The summed E-state index contributed by atoms with van der Waals surface area (Å²) in [5.41, 5.74) is 0.522. The van der Waals surface area contributed by atoms with Crippen LogP contribution in [0.25, 0.3) is 10.2 Å². The molecule has 0 aromatic carbocycles. The molecule has 1 atom stereocenters. The molecule has 2 aliphatic rings. The highest BCUT2D eigenvalue weighted by atomic mass is 32.1. The lowest BCUT2D eigenvalue weighted by Gasteiger charge is -2.33. The van der Waals surface area contributed by atoms with E-state index in [0.29, 0.717) is 52.7 Å². The summed E-state index contributed by atoms with van der Waals surface area (Å²) < 4.78 is 5.50. The molecule has 28 heavy (non-hydrogen) atoms. The minimum Gasteiger partial charge on any atom is -0.368 e. The molecule has 9 heteroatoms. The maximum Gasteiger partial charge on any atom is 0.260 e. The number of quaternary nitrogens is 1. The summed E-state index contributed by atoms with van der Waals surface area (Å²) >= 11 is 1.28. The molecule has 0 unspecified atom stereocenters. The van der Waals surface area contributed by atoms with Gasteiger partial charge in [0.2, 0.25) is 0 Å². The van der Waals surface area contributed by atoms with Gasteiger partial charge >= 0.3 is 0 Å². The number of nitrogens with one attached hydrogen (secondary N) is 2. The monoisotopic (exact) mass is 405 g/mol. The van der Waals surface area contributed by atoms with E-state index >= 15 is 0 Å². The number of carbonyl (C=O) groups is 2. The number of H-pyrrole nitrogens is 1. The predicted molar refractivity (Wildman–Crippen MR) is 105 cm³/mol. The molecule has 0 bridgehead atoms. The molecular weight excluding hydrogens is 380 g/mol. The Morgan fingerprint density at radius 3 is 2.75 bits per heavy atom. The topological polar surface area (TPSA) is 96.8 Å². The van der Waals surface area contributed by atoms with Gasteiger partial charge in [0.1, 0.15) is 17.5 Å². The number of ether oxygens (including phenoxy) is 1. The van der Waals surface area contributed by atoms with Crippen molar-refractivity contribution < 1.29 is 19.2 Å². The molecule has 150 valence electrons. The average molecular weight is 406 g/mol. The maximum absolute atomic E-state index is 12.5. The molecule has 0 radical (unpaired) electrons. The van der Waals surface area contributed by atoms with Gasteiger partial charge in [0.15, 0.2) is 11.6 Å². The van der Waals surface area contributed by atoms with E-state index in [2.05, 4.69) is 9.97 Å². The van der Waals surface area contributed by atoms with Crippen molar-refractivity contribution >= 4 is 33.2 Å². The molecule has 2 N–H and O–H groups in total. The number of thiophene rings is 1. The van der Waals surface area contributed by atoms with Crippen LogP contribution in [0.2, 0.25) is 0 Å². The number of Topliss-reactive ketones (excluding diaryl/α,β-unsaturated/α-hetero) is 1. The third kappa shape index (κ3) is 3.61. The molecule has 8 nitrogen and oxygen atoms in total. The molecular formula is C19H25N4O4S+. The number of hydrogen-bond acceptors (Lipinski definition) is 6. The summed E-state index contributed by atoms with van der Waals surface area (Å²) in [6.45, 7) is 7.57. The van der Waals surface area contributed by atoms with E-state index in [-0.39, 0.29) is 23.4 Å². The minimum atomic E-state index is -0.264. The molecule has 0 aliphatic carbocycles. The van der Waals surface area contributed by atoms with E-state index in [1.807, 2.05) is 4.90 Å². The maximum atomic E-state index is 12.5. The summed E-state index contributed by atoms with van der Waals surface area (Å²) in [6, 6.07) is 0. The van der Waals surface area contributed by atoms with Crippen molar-refractivity contribution in [3.8, 4) is 0 Å². The van der Waals surface area contributed by atoms with E-state index < -0.39 is 0 Å². The van der Waals surface area contributed by atoms with Crippen LogP contribution in [0.1, 0.15) is 40.8 Å². The van der Waals surface area contributed by atoms with E-state index in [1.54, 1.807) is 6.92 Å². The second-order valence-corrected chi connectivity index (χ2v) is 8.56. The van der Waals surface area contributed by atoms with Crippen molar-refractivity contribution in [3.05, 3.63) is 26.6 Å². The van der Waals surface area contributed by atoms with E-state index in [0.717, 1.165) is 25.9 Å². The third-order valence-corrected chi connectivity index (χ3v) is 6.86. The molecule has 0 saturated carbocycles. The number of carbonyl (C=O) groups excluding carboxylic acids is 2. The number of hydrogen-bond donors (Lipinski definition) is 2. The van der Waals surface area contributed by atoms with Gasteiger partial charge in [-0.05, 0) is 32.3 Å². The van der Waals surface area contributed by atoms with Crippen molar-refractivity contribution in [2.45, 2.75) is 39.3 Å². The van der Waals surface area contributed by atoms with Crippen molar-refractivity contribution in [2.75, 3.05) is 32.8 Å². The highest BCUT2D eigenvalue weighted by Gasteiger charge is 2.31. The van der Waals surface area contributed by atoms with Gasteiger partial charge in [-0.25, -0.2) is 4.98 Å². The van der Waals surface area contributed by atoms with Crippen LogP contribution in [-0.2, 0) is 16.1 Å². The standard InChI is InChI=1S/C19H24N4O4S/c1-11-15-17(25)20-14(21-18(15)28-16(11)12(2)24)10-22-5-7-23(8-6-22)19(26)13-4-3-9-27-13/h13H,3-10H2,1-2H3,(H,20,21,25)/p+1/t13-/m1/s1. The molecule has 2 aromatic heterocycles. The first kappa shape index (κ1) is 19.2. The molecule has 2 saturated heterocycles. The number of aryl methyl sites for hydroxylation is 1. The molecule has 2 aromatic rings. The van der Waals surface area contributed by atoms with Crippen LogP contribution in [0.4, 0.5) is 0 Å². The Morgan fingerprint density at radius 1 is 1.36 bits per heavy atom. The average Bonchev–Trinajstić information content (AvgIpc) is 3.30. The zero-order valence-corrected chi connectivity index (χ0v) is 17.0.